The van der Waals surface area contributed by atoms with E-state index in [1.165, 1.54) is 12.8 Å². The molecule has 2 saturated heterocycles. The molecule has 6 heteroatoms. The summed E-state index contributed by atoms with van der Waals surface area (Å²) in [5.74, 6) is -0.721. The Labute approximate surface area is 131 Å². The number of amides is 2. The van der Waals surface area contributed by atoms with Crippen molar-refractivity contribution in [2.24, 2.45) is 5.41 Å². The maximum absolute atomic E-state index is 12.3. The maximum Gasteiger partial charge on any atom is 0.320 e. The number of carbonyl (C=O) groups excluding carboxylic acids is 1. The van der Waals surface area contributed by atoms with Gasteiger partial charge in [-0.05, 0) is 44.6 Å². The molecular formula is C16H27N3O3. The zero-order chi connectivity index (χ0) is 15.7. The van der Waals surface area contributed by atoms with E-state index < -0.39 is 5.97 Å². The van der Waals surface area contributed by atoms with Gasteiger partial charge in [0.2, 0.25) is 0 Å². The quantitative estimate of drug-likeness (QED) is 0.811. The lowest BCUT2D eigenvalue weighted by Gasteiger charge is -2.39. The number of nitrogens with one attached hydrogen (secondary N) is 1. The molecule has 2 heterocycles. The van der Waals surface area contributed by atoms with Crippen LogP contribution in [0.25, 0.3) is 0 Å². The minimum absolute atomic E-state index is 0.0721. The number of urea groups is 1. The zero-order valence-electron chi connectivity index (χ0n) is 13.4. The Morgan fingerprint density at radius 1 is 1.18 bits per heavy atom. The van der Waals surface area contributed by atoms with E-state index in [0.29, 0.717) is 6.04 Å². The van der Waals surface area contributed by atoms with E-state index in [1.807, 2.05) is 16.8 Å². The summed E-state index contributed by atoms with van der Waals surface area (Å²) in [5, 5.41) is 12.4. The molecule has 0 aromatic rings. The molecule has 22 heavy (non-hydrogen) atoms. The Morgan fingerprint density at radius 3 is 2.36 bits per heavy atom. The molecular weight excluding hydrogens is 282 g/mol. The van der Waals surface area contributed by atoms with Crippen LogP contribution < -0.4 is 5.32 Å². The average molecular weight is 309 g/mol. The normalized spacial score (nSPS) is 29.1. The van der Waals surface area contributed by atoms with Gasteiger partial charge >= 0.3 is 12.0 Å². The summed E-state index contributed by atoms with van der Waals surface area (Å²) >= 11 is 0. The van der Waals surface area contributed by atoms with Gasteiger partial charge in [0, 0.05) is 25.7 Å². The van der Waals surface area contributed by atoms with Crippen molar-refractivity contribution in [3.63, 3.8) is 0 Å². The molecule has 1 atom stereocenters. The number of hydrogen-bond acceptors (Lipinski definition) is 3. The molecule has 3 fully saturated rings. The van der Waals surface area contributed by atoms with Crippen LogP contribution in [0.4, 0.5) is 4.79 Å². The van der Waals surface area contributed by atoms with E-state index in [4.69, 9.17) is 0 Å². The third-order valence-corrected chi connectivity index (χ3v) is 5.82. The Kier molecular flexibility index (Phi) is 4.30. The number of carboxylic acid groups (broad SMARTS) is 1. The van der Waals surface area contributed by atoms with Gasteiger partial charge in [-0.15, -0.1) is 0 Å². The lowest BCUT2D eigenvalue weighted by Crippen LogP contribution is -2.49. The van der Waals surface area contributed by atoms with Crippen LogP contribution in [0.3, 0.4) is 0 Å². The smallest absolute Gasteiger partial charge is 0.320 e. The predicted molar refractivity (Wildman–Crippen MR) is 82.7 cm³/mol. The molecule has 1 spiro atoms. The first-order valence-electron chi connectivity index (χ1n) is 8.48. The third-order valence-electron chi connectivity index (χ3n) is 5.82. The van der Waals surface area contributed by atoms with Crippen molar-refractivity contribution >= 4 is 12.0 Å². The van der Waals surface area contributed by atoms with Crippen molar-refractivity contribution < 1.29 is 14.7 Å². The number of carboxylic acids is 1. The van der Waals surface area contributed by atoms with E-state index in [9.17, 15) is 14.7 Å². The molecule has 0 aromatic heterocycles. The first-order valence-corrected chi connectivity index (χ1v) is 8.48. The first-order chi connectivity index (χ1) is 10.5. The number of piperidine rings is 1. The van der Waals surface area contributed by atoms with Gasteiger partial charge in [-0.3, -0.25) is 9.69 Å². The van der Waals surface area contributed by atoms with Gasteiger partial charge in [0.15, 0.2) is 0 Å². The topological polar surface area (TPSA) is 72.9 Å². The SMILES string of the molecule is CN1CC2(CCN(C(=O)NC3CCCC3)CC2)C[C@@H]1C(=O)O. The standard InChI is InChI=1S/C16H27N3O3/c1-18-11-16(10-13(18)14(20)21)6-8-19(9-7-16)15(22)17-12-4-2-3-5-12/h12-13H,2-11H2,1H3,(H,17,22)(H,20,21)/t13-/m1/s1. The van der Waals surface area contributed by atoms with Crippen molar-refractivity contribution in [3.05, 3.63) is 0 Å². The Balaban J connectivity index is 1.52. The highest BCUT2D eigenvalue weighted by atomic mass is 16.4. The van der Waals surface area contributed by atoms with E-state index in [-0.39, 0.29) is 17.5 Å². The summed E-state index contributed by atoms with van der Waals surface area (Å²) in [6.45, 7) is 2.33. The number of nitrogens with zero attached hydrogens (tertiary/aromatic N) is 2. The zero-order valence-corrected chi connectivity index (χ0v) is 13.4. The highest BCUT2D eigenvalue weighted by molar-refractivity contribution is 5.75. The summed E-state index contributed by atoms with van der Waals surface area (Å²) < 4.78 is 0. The number of rotatable bonds is 2. The van der Waals surface area contributed by atoms with Gasteiger partial charge in [-0.2, -0.15) is 0 Å². The summed E-state index contributed by atoms with van der Waals surface area (Å²) in [6.07, 6.45) is 7.20. The van der Waals surface area contributed by atoms with Crippen LogP contribution in [0, 0.1) is 5.41 Å². The van der Waals surface area contributed by atoms with Gasteiger partial charge in [0.25, 0.3) is 0 Å². The number of likely N-dealkylation sites (N-methyl/N-ethyl adjacent to an activating group) is 1. The highest BCUT2D eigenvalue weighted by Gasteiger charge is 2.47. The lowest BCUT2D eigenvalue weighted by atomic mass is 9.76. The molecule has 0 radical (unpaired) electrons. The summed E-state index contributed by atoms with van der Waals surface area (Å²) in [7, 11) is 1.90. The van der Waals surface area contributed by atoms with E-state index in [2.05, 4.69) is 5.32 Å². The van der Waals surface area contributed by atoms with Crippen LogP contribution in [0.15, 0.2) is 0 Å². The fourth-order valence-electron chi connectivity index (χ4n) is 4.43. The van der Waals surface area contributed by atoms with Gasteiger partial charge in [-0.25, -0.2) is 4.79 Å². The predicted octanol–water partition coefficient (Wildman–Crippen LogP) is 1.51. The Morgan fingerprint density at radius 2 is 1.82 bits per heavy atom. The maximum atomic E-state index is 12.3. The number of aliphatic carboxylic acids is 1. The molecule has 0 aromatic carbocycles. The fraction of sp³-hybridized carbons (Fsp3) is 0.875. The van der Waals surface area contributed by atoms with Crippen molar-refractivity contribution in [2.75, 3.05) is 26.7 Å². The van der Waals surface area contributed by atoms with Crippen LogP contribution in [0.5, 0.6) is 0 Å². The molecule has 0 unspecified atom stereocenters. The van der Waals surface area contributed by atoms with E-state index in [1.54, 1.807) is 0 Å². The molecule has 3 rings (SSSR count). The molecule has 124 valence electrons. The second kappa shape index (κ2) is 6.07. The molecule has 0 bridgehead atoms. The summed E-state index contributed by atoms with van der Waals surface area (Å²) in [6, 6.07) is 0.0687. The second-order valence-corrected chi connectivity index (χ2v) is 7.39. The minimum atomic E-state index is -0.721. The second-order valence-electron chi connectivity index (χ2n) is 7.39. The number of likely N-dealkylation sites (tertiary alicyclic amines) is 2. The van der Waals surface area contributed by atoms with Gasteiger partial charge in [-0.1, -0.05) is 12.8 Å². The van der Waals surface area contributed by atoms with Crippen molar-refractivity contribution in [1.82, 2.24) is 15.1 Å². The summed E-state index contributed by atoms with van der Waals surface area (Å²) in [4.78, 5) is 27.5. The third kappa shape index (κ3) is 3.07. The van der Waals surface area contributed by atoms with Gasteiger partial charge in [0.1, 0.15) is 6.04 Å². The number of carbonyl (C=O) groups is 2. The molecule has 2 amide bonds. The fourth-order valence-corrected chi connectivity index (χ4v) is 4.43. The monoisotopic (exact) mass is 309 g/mol. The minimum Gasteiger partial charge on any atom is -0.480 e. The van der Waals surface area contributed by atoms with Gasteiger partial charge < -0.3 is 15.3 Å². The lowest BCUT2D eigenvalue weighted by molar-refractivity contribution is -0.141. The molecule has 2 aliphatic heterocycles. The van der Waals surface area contributed by atoms with Crippen LogP contribution in [0.1, 0.15) is 44.9 Å². The van der Waals surface area contributed by atoms with Crippen LogP contribution in [-0.2, 0) is 4.79 Å². The van der Waals surface area contributed by atoms with Crippen LogP contribution >= 0.6 is 0 Å². The summed E-state index contributed by atoms with van der Waals surface area (Å²) in [5.41, 5.74) is 0.0853. The van der Waals surface area contributed by atoms with Crippen molar-refractivity contribution in [3.8, 4) is 0 Å². The van der Waals surface area contributed by atoms with E-state index in [0.717, 1.165) is 51.7 Å². The molecule has 1 saturated carbocycles. The number of hydrogen-bond donors (Lipinski definition) is 2. The van der Waals surface area contributed by atoms with E-state index >= 15 is 0 Å². The highest BCUT2D eigenvalue weighted by Crippen LogP contribution is 2.42. The van der Waals surface area contributed by atoms with Gasteiger partial charge in [0.05, 0.1) is 0 Å². The molecule has 6 nitrogen and oxygen atoms in total. The Bertz CT molecular complexity index is 440. The first kappa shape index (κ1) is 15.6. The Hall–Kier alpha value is -1.30. The molecule has 2 N–H and O–H groups in total. The van der Waals surface area contributed by atoms with Crippen LogP contribution in [-0.4, -0.2) is 65.7 Å². The van der Waals surface area contributed by atoms with Crippen LogP contribution in [0.2, 0.25) is 0 Å². The van der Waals surface area contributed by atoms with Crippen molar-refractivity contribution in [1.29, 1.82) is 0 Å². The molecule has 3 aliphatic rings. The molecule has 1 aliphatic carbocycles. The largest absolute Gasteiger partial charge is 0.480 e. The average Bonchev–Trinajstić information content (AvgIpc) is 3.08. The van der Waals surface area contributed by atoms with Crippen molar-refractivity contribution in [2.45, 2.75) is 57.0 Å².